The SMILES string of the molecule is CCNc1ncccc1C(=O)N1CCCC(C(F)(F)F)C1. The number of carbonyl (C=O) groups is 1. The normalized spacial score (nSPS) is 19.4. The molecule has 1 saturated heterocycles. The Labute approximate surface area is 121 Å². The second kappa shape index (κ2) is 6.32. The van der Waals surface area contributed by atoms with Gasteiger partial charge in [-0.25, -0.2) is 4.98 Å². The van der Waals surface area contributed by atoms with Gasteiger partial charge in [0.25, 0.3) is 5.91 Å². The number of nitrogens with one attached hydrogen (secondary N) is 1. The van der Waals surface area contributed by atoms with Crippen LogP contribution < -0.4 is 5.32 Å². The molecule has 0 aromatic carbocycles. The number of nitrogens with zero attached hydrogens (tertiary/aromatic N) is 2. The number of carbonyl (C=O) groups excluding carboxylic acids is 1. The fraction of sp³-hybridized carbons (Fsp3) is 0.571. The number of amides is 1. The minimum Gasteiger partial charge on any atom is -0.370 e. The third-order valence-corrected chi connectivity index (χ3v) is 3.55. The van der Waals surface area contributed by atoms with Crippen molar-refractivity contribution in [3.8, 4) is 0 Å². The van der Waals surface area contributed by atoms with Gasteiger partial charge in [0.1, 0.15) is 5.82 Å². The quantitative estimate of drug-likeness (QED) is 0.933. The van der Waals surface area contributed by atoms with Crippen molar-refractivity contribution in [2.45, 2.75) is 25.9 Å². The van der Waals surface area contributed by atoms with Gasteiger partial charge in [0, 0.05) is 25.8 Å². The lowest BCUT2D eigenvalue weighted by Crippen LogP contribution is -2.44. The molecule has 0 radical (unpaired) electrons. The largest absolute Gasteiger partial charge is 0.393 e. The summed E-state index contributed by atoms with van der Waals surface area (Å²) in [5.74, 6) is -1.42. The van der Waals surface area contributed by atoms with Gasteiger partial charge in [0.15, 0.2) is 0 Å². The summed E-state index contributed by atoms with van der Waals surface area (Å²) >= 11 is 0. The number of anilines is 1. The molecule has 0 bridgehead atoms. The zero-order valence-corrected chi connectivity index (χ0v) is 11.8. The van der Waals surface area contributed by atoms with Crippen molar-refractivity contribution < 1.29 is 18.0 Å². The highest BCUT2D eigenvalue weighted by molar-refractivity contribution is 5.98. The molecular formula is C14H18F3N3O. The first-order valence-electron chi connectivity index (χ1n) is 6.98. The third kappa shape index (κ3) is 3.65. The molecule has 1 fully saturated rings. The number of alkyl halides is 3. The van der Waals surface area contributed by atoms with Crippen molar-refractivity contribution in [3.05, 3.63) is 23.9 Å². The van der Waals surface area contributed by atoms with E-state index in [4.69, 9.17) is 0 Å². The molecule has 2 heterocycles. The first-order valence-corrected chi connectivity index (χ1v) is 6.98. The molecule has 1 amide bonds. The van der Waals surface area contributed by atoms with Crippen molar-refractivity contribution in [2.75, 3.05) is 25.0 Å². The maximum Gasteiger partial charge on any atom is 0.393 e. The van der Waals surface area contributed by atoms with E-state index in [1.807, 2.05) is 6.92 Å². The van der Waals surface area contributed by atoms with E-state index in [1.165, 1.54) is 4.90 Å². The lowest BCUT2D eigenvalue weighted by atomic mass is 9.97. The summed E-state index contributed by atoms with van der Waals surface area (Å²) in [7, 11) is 0. The van der Waals surface area contributed by atoms with Crippen LogP contribution in [0.4, 0.5) is 19.0 Å². The van der Waals surface area contributed by atoms with Crippen LogP contribution in [0, 0.1) is 5.92 Å². The summed E-state index contributed by atoms with van der Waals surface area (Å²) in [5, 5.41) is 2.96. The van der Waals surface area contributed by atoms with Crippen LogP contribution in [0.5, 0.6) is 0 Å². The second-order valence-corrected chi connectivity index (χ2v) is 5.06. The van der Waals surface area contributed by atoms with Crippen LogP contribution in [0.1, 0.15) is 30.1 Å². The van der Waals surface area contributed by atoms with E-state index in [9.17, 15) is 18.0 Å². The third-order valence-electron chi connectivity index (χ3n) is 3.55. The van der Waals surface area contributed by atoms with Gasteiger partial charge < -0.3 is 10.2 Å². The predicted octanol–water partition coefficient (Wildman–Crippen LogP) is 2.93. The molecule has 1 aliphatic rings. The number of hydrogen-bond donors (Lipinski definition) is 1. The molecule has 21 heavy (non-hydrogen) atoms. The van der Waals surface area contributed by atoms with E-state index < -0.39 is 18.0 Å². The molecule has 116 valence electrons. The van der Waals surface area contributed by atoms with Gasteiger partial charge in [-0.15, -0.1) is 0 Å². The summed E-state index contributed by atoms with van der Waals surface area (Å²) in [6.45, 7) is 2.53. The lowest BCUT2D eigenvalue weighted by molar-refractivity contribution is -0.184. The average Bonchev–Trinajstić information content (AvgIpc) is 2.47. The Morgan fingerprint density at radius 2 is 2.29 bits per heavy atom. The molecular weight excluding hydrogens is 283 g/mol. The smallest absolute Gasteiger partial charge is 0.370 e. The van der Waals surface area contributed by atoms with Crippen LogP contribution in [0.25, 0.3) is 0 Å². The zero-order valence-electron chi connectivity index (χ0n) is 11.8. The molecule has 7 heteroatoms. The Kier molecular flexibility index (Phi) is 4.69. The number of aromatic nitrogens is 1. The maximum atomic E-state index is 12.8. The number of halogens is 3. The van der Waals surface area contributed by atoms with Gasteiger partial charge >= 0.3 is 6.18 Å². The lowest BCUT2D eigenvalue weighted by Gasteiger charge is -2.34. The van der Waals surface area contributed by atoms with E-state index in [0.29, 0.717) is 30.9 Å². The summed E-state index contributed by atoms with van der Waals surface area (Å²) in [5.41, 5.74) is 0.321. The van der Waals surface area contributed by atoms with Gasteiger partial charge in [0.05, 0.1) is 11.5 Å². The topological polar surface area (TPSA) is 45.2 Å². The monoisotopic (exact) mass is 301 g/mol. The summed E-state index contributed by atoms with van der Waals surface area (Å²) < 4.78 is 38.5. The van der Waals surface area contributed by atoms with Crippen molar-refractivity contribution >= 4 is 11.7 Å². The van der Waals surface area contributed by atoms with Gasteiger partial charge in [-0.05, 0) is 31.9 Å². The number of hydrogen-bond acceptors (Lipinski definition) is 3. The molecule has 1 aromatic rings. The van der Waals surface area contributed by atoms with Crippen LogP contribution in [-0.2, 0) is 0 Å². The molecule has 0 spiro atoms. The van der Waals surface area contributed by atoms with E-state index in [1.54, 1.807) is 18.3 Å². The predicted molar refractivity (Wildman–Crippen MR) is 73.1 cm³/mol. The fourth-order valence-corrected chi connectivity index (χ4v) is 2.49. The maximum absolute atomic E-state index is 12.8. The Hall–Kier alpha value is -1.79. The van der Waals surface area contributed by atoms with E-state index in [2.05, 4.69) is 10.3 Å². The number of rotatable bonds is 3. The first-order chi connectivity index (χ1) is 9.93. The van der Waals surface area contributed by atoms with Crippen LogP contribution >= 0.6 is 0 Å². The van der Waals surface area contributed by atoms with Crippen LogP contribution in [0.3, 0.4) is 0 Å². The summed E-state index contributed by atoms with van der Waals surface area (Å²) in [6.07, 6.45) is -2.25. The first kappa shape index (κ1) is 15.6. The number of likely N-dealkylation sites (tertiary alicyclic amines) is 1. The molecule has 0 aliphatic carbocycles. The molecule has 1 N–H and O–H groups in total. The van der Waals surface area contributed by atoms with Crippen molar-refractivity contribution in [2.24, 2.45) is 5.92 Å². The van der Waals surface area contributed by atoms with Crippen LogP contribution in [0.15, 0.2) is 18.3 Å². The van der Waals surface area contributed by atoms with Crippen molar-refractivity contribution in [1.82, 2.24) is 9.88 Å². The average molecular weight is 301 g/mol. The van der Waals surface area contributed by atoms with E-state index in [0.717, 1.165) is 0 Å². The molecule has 2 rings (SSSR count). The van der Waals surface area contributed by atoms with E-state index in [-0.39, 0.29) is 13.0 Å². The highest BCUT2D eigenvalue weighted by Crippen LogP contribution is 2.33. The van der Waals surface area contributed by atoms with Gasteiger partial charge in [-0.1, -0.05) is 0 Å². The van der Waals surface area contributed by atoms with Crippen molar-refractivity contribution in [1.29, 1.82) is 0 Å². The molecule has 1 aromatic heterocycles. The standard InChI is InChI=1S/C14H18F3N3O/c1-2-18-12-11(6-3-7-19-12)13(21)20-8-4-5-10(9-20)14(15,16)17/h3,6-7,10H,2,4-5,8-9H2,1H3,(H,18,19). The molecule has 4 nitrogen and oxygen atoms in total. The Morgan fingerprint density at radius 3 is 2.95 bits per heavy atom. The highest BCUT2D eigenvalue weighted by Gasteiger charge is 2.42. The molecule has 1 unspecified atom stereocenters. The minimum atomic E-state index is -4.25. The molecule has 0 saturated carbocycles. The van der Waals surface area contributed by atoms with Crippen LogP contribution in [0.2, 0.25) is 0 Å². The van der Waals surface area contributed by atoms with Gasteiger partial charge in [-0.3, -0.25) is 4.79 Å². The second-order valence-electron chi connectivity index (χ2n) is 5.06. The Morgan fingerprint density at radius 1 is 1.52 bits per heavy atom. The number of piperidine rings is 1. The highest BCUT2D eigenvalue weighted by atomic mass is 19.4. The van der Waals surface area contributed by atoms with E-state index >= 15 is 0 Å². The zero-order chi connectivity index (χ0) is 15.5. The number of pyridine rings is 1. The summed E-state index contributed by atoms with van der Waals surface area (Å²) in [6, 6.07) is 3.20. The Balaban J connectivity index is 2.16. The van der Waals surface area contributed by atoms with Crippen molar-refractivity contribution in [3.63, 3.8) is 0 Å². The van der Waals surface area contributed by atoms with Gasteiger partial charge in [-0.2, -0.15) is 13.2 Å². The van der Waals surface area contributed by atoms with Gasteiger partial charge in [0.2, 0.25) is 0 Å². The Bertz CT molecular complexity index is 504. The van der Waals surface area contributed by atoms with Crippen LogP contribution in [-0.4, -0.2) is 41.6 Å². The molecule has 1 atom stereocenters. The minimum absolute atomic E-state index is 0.0837. The molecule has 1 aliphatic heterocycles. The fourth-order valence-electron chi connectivity index (χ4n) is 2.49. The summed E-state index contributed by atoms with van der Waals surface area (Å²) in [4.78, 5) is 17.8.